The Bertz CT molecular complexity index is 296. The summed E-state index contributed by atoms with van der Waals surface area (Å²) in [5.74, 6) is 0.747. The molecule has 4 nitrogen and oxygen atoms in total. The van der Waals surface area contributed by atoms with Gasteiger partial charge >= 0.3 is 0 Å². The minimum Gasteiger partial charge on any atom is -0.490 e. The van der Waals surface area contributed by atoms with Crippen molar-refractivity contribution in [1.29, 1.82) is 0 Å². The quantitative estimate of drug-likeness (QED) is 0.750. The van der Waals surface area contributed by atoms with Gasteiger partial charge in [-0.1, -0.05) is 0 Å². The fraction of sp³-hybridized carbons (Fsp3) is 0.583. The van der Waals surface area contributed by atoms with Gasteiger partial charge in [0, 0.05) is 6.04 Å². The fourth-order valence-electron chi connectivity index (χ4n) is 1.19. The smallest absolute Gasteiger partial charge is 0.137 e. The first-order chi connectivity index (χ1) is 7.59. The van der Waals surface area contributed by atoms with Crippen LogP contribution in [0.25, 0.3) is 0 Å². The van der Waals surface area contributed by atoms with E-state index in [1.54, 1.807) is 6.20 Å². The molecular weight excluding hydrogens is 204 g/mol. The normalized spacial score (nSPS) is 12.8. The highest BCUT2D eigenvalue weighted by molar-refractivity contribution is 5.21. The molecule has 0 aliphatic carbocycles. The molecule has 0 radical (unpaired) electrons. The zero-order valence-corrected chi connectivity index (χ0v) is 10.1. The number of ether oxygens (including phenoxy) is 2. The van der Waals surface area contributed by atoms with E-state index in [1.165, 1.54) is 0 Å². The predicted molar refractivity (Wildman–Crippen MR) is 63.4 cm³/mol. The van der Waals surface area contributed by atoms with Gasteiger partial charge in [0.1, 0.15) is 12.4 Å². The van der Waals surface area contributed by atoms with E-state index in [9.17, 15) is 0 Å². The molecule has 0 amide bonds. The number of hydrogen-bond acceptors (Lipinski definition) is 4. The molecule has 0 unspecified atom stereocenters. The molecule has 4 heteroatoms. The first kappa shape index (κ1) is 12.9. The van der Waals surface area contributed by atoms with Crippen LogP contribution in [0, 0.1) is 0 Å². The summed E-state index contributed by atoms with van der Waals surface area (Å²) in [6.45, 7) is 7.03. The van der Waals surface area contributed by atoms with Crippen LogP contribution in [0.4, 0.5) is 0 Å². The average molecular weight is 224 g/mol. The highest BCUT2D eigenvalue weighted by Crippen LogP contribution is 2.12. The van der Waals surface area contributed by atoms with Crippen molar-refractivity contribution in [1.82, 2.24) is 4.98 Å². The third kappa shape index (κ3) is 4.59. The van der Waals surface area contributed by atoms with Crippen LogP contribution in [0.3, 0.4) is 0 Å². The topological polar surface area (TPSA) is 57.4 Å². The molecule has 0 aromatic carbocycles. The van der Waals surface area contributed by atoms with Crippen LogP contribution >= 0.6 is 0 Å². The van der Waals surface area contributed by atoms with Crippen LogP contribution in [-0.2, 0) is 4.74 Å². The minimum atomic E-state index is -0.0432. The van der Waals surface area contributed by atoms with Crippen LogP contribution < -0.4 is 10.5 Å². The zero-order chi connectivity index (χ0) is 12.0. The lowest BCUT2D eigenvalue weighted by atomic mass is 10.2. The van der Waals surface area contributed by atoms with Gasteiger partial charge in [0.25, 0.3) is 0 Å². The molecule has 1 aromatic rings. The summed E-state index contributed by atoms with van der Waals surface area (Å²) in [6, 6.07) is 3.71. The van der Waals surface area contributed by atoms with Gasteiger partial charge in [-0.15, -0.1) is 0 Å². The molecule has 1 rings (SSSR count). The maximum absolute atomic E-state index is 5.70. The lowest BCUT2D eigenvalue weighted by Crippen LogP contribution is -2.11. The molecule has 0 bridgehead atoms. The first-order valence-corrected chi connectivity index (χ1v) is 5.55. The Morgan fingerprint density at radius 1 is 1.25 bits per heavy atom. The van der Waals surface area contributed by atoms with E-state index in [2.05, 4.69) is 4.98 Å². The second-order valence-corrected chi connectivity index (χ2v) is 3.98. The first-order valence-electron chi connectivity index (χ1n) is 5.55. The lowest BCUT2D eigenvalue weighted by molar-refractivity contribution is 0.0552. The molecule has 0 aliphatic rings. The van der Waals surface area contributed by atoms with Gasteiger partial charge in [-0.05, 0) is 32.9 Å². The van der Waals surface area contributed by atoms with Gasteiger partial charge in [-0.2, -0.15) is 0 Å². The Balaban J connectivity index is 2.32. The average Bonchev–Trinajstić information content (AvgIpc) is 2.25. The van der Waals surface area contributed by atoms with Gasteiger partial charge < -0.3 is 15.2 Å². The Morgan fingerprint density at radius 2 is 2.00 bits per heavy atom. The second-order valence-electron chi connectivity index (χ2n) is 3.98. The fourth-order valence-corrected chi connectivity index (χ4v) is 1.19. The number of hydrogen-bond donors (Lipinski definition) is 1. The van der Waals surface area contributed by atoms with Crippen LogP contribution in [-0.4, -0.2) is 24.3 Å². The number of pyridine rings is 1. The highest BCUT2D eigenvalue weighted by atomic mass is 16.5. The van der Waals surface area contributed by atoms with Crippen LogP contribution in [0.2, 0.25) is 0 Å². The molecule has 1 heterocycles. The van der Waals surface area contributed by atoms with Crippen molar-refractivity contribution < 1.29 is 9.47 Å². The van der Waals surface area contributed by atoms with Gasteiger partial charge in [-0.3, -0.25) is 4.98 Å². The maximum atomic E-state index is 5.70. The number of nitrogens with two attached hydrogens (primary N) is 1. The van der Waals surface area contributed by atoms with Crippen molar-refractivity contribution >= 4 is 0 Å². The third-order valence-electron chi connectivity index (χ3n) is 2.03. The molecule has 2 N–H and O–H groups in total. The maximum Gasteiger partial charge on any atom is 0.137 e. The van der Waals surface area contributed by atoms with Crippen molar-refractivity contribution in [3.8, 4) is 5.75 Å². The number of aromatic nitrogens is 1. The molecule has 0 saturated heterocycles. The van der Waals surface area contributed by atoms with Gasteiger partial charge in [-0.25, -0.2) is 0 Å². The Labute approximate surface area is 96.8 Å². The summed E-state index contributed by atoms with van der Waals surface area (Å²) in [5.41, 5.74) is 6.56. The number of nitrogens with zero attached hydrogens (tertiary/aromatic N) is 1. The second kappa shape index (κ2) is 6.45. The highest BCUT2D eigenvalue weighted by Gasteiger charge is 2.01. The Kier molecular flexibility index (Phi) is 5.22. The van der Waals surface area contributed by atoms with E-state index < -0.39 is 0 Å². The number of rotatable bonds is 6. The lowest BCUT2D eigenvalue weighted by Gasteiger charge is -2.10. The van der Waals surface area contributed by atoms with E-state index >= 15 is 0 Å². The standard InChI is InChI=1S/C12H20N2O2/c1-9(2)15-6-7-16-11-4-5-12(10(3)13)14-8-11/h4-5,8-10H,6-7,13H2,1-3H3/t10-/m1/s1. The molecule has 16 heavy (non-hydrogen) atoms. The summed E-state index contributed by atoms with van der Waals surface area (Å²) in [7, 11) is 0. The molecule has 90 valence electrons. The van der Waals surface area contributed by atoms with Crippen molar-refractivity contribution in [3.05, 3.63) is 24.0 Å². The predicted octanol–water partition coefficient (Wildman–Crippen LogP) is 1.91. The van der Waals surface area contributed by atoms with Crippen LogP contribution in [0.5, 0.6) is 5.75 Å². The van der Waals surface area contributed by atoms with E-state index in [-0.39, 0.29) is 12.1 Å². The summed E-state index contributed by atoms with van der Waals surface area (Å²) >= 11 is 0. The van der Waals surface area contributed by atoms with E-state index in [0.717, 1.165) is 11.4 Å². The van der Waals surface area contributed by atoms with Crippen molar-refractivity contribution in [3.63, 3.8) is 0 Å². The van der Waals surface area contributed by atoms with Crippen molar-refractivity contribution in [2.75, 3.05) is 13.2 Å². The van der Waals surface area contributed by atoms with E-state index in [4.69, 9.17) is 15.2 Å². The summed E-state index contributed by atoms with van der Waals surface area (Å²) in [5, 5.41) is 0. The molecular formula is C12H20N2O2. The summed E-state index contributed by atoms with van der Waals surface area (Å²) < 4.78 is 10.8. The van der Waals surface area contributed by atoms with Gasteiger partial charge in [0.2, 0.25) is 0 Å². The minimum absolute atomic E-state index is 0.0432. The Hall–Kier alpha value is -1.13. The van der Waals surface area contributed by atoms with Crippen LogP contribution in [0.1, 0.15) is 32.5 Å². The van der Waals surface area contributed by atoms with Crippen molar-refractivity contribution in [2.24, 2.45) is 5.73 Å². The van der Waals surface area contributed by atoms with Gasteiger partial charge in [0.15, 0.2) is 0 Å². The zero-order valence-electron chi connectivity index (χ0n) is 10.1. The molecule has 1 atom stereocenters. The molecule has 0 saturated carbocycles. The molecule has 0 fully saturated rings. The largest absolute Gasteiger partial charge is 0.490 e. The molecule has 1 aromatic heterocycles. The van der Waals surface area contributed by atoms with Crippen molar-refractivity contribution in [2.45, 2.75) is 32.9 Å². The molecule has 0 aliphatic heterocycles. The Morgan fingerprint density at radius 3 is 2.50 bits per heavy atom. The third-order valence-corrected chi connectivity index (χ3v) is 2.03. The summed E-state index contributed by atoms with van der Waals surface area (Å²) in [4.78, 5) is 4.20. The summed E-state index contributed by atoms with van der Waals surface area (Å²) in [6.07, 6.45) is 1.93. The molecule has 0 spiro atoms. The SMILES string of the molecule is CC(C)OCCOc1ccc([C@@H](C)N)nc1. The monoisotopic (exact) mass is 224 g/mol. The van der Waals surface area contributed by atoms with E-state index in [0.29, 0.717) is 13.2 Å². The van der Waals surface area contributed by atoms with Gasteiger partial charge in [0.05, 0.1) is 24.6 Å². The van der Waals surface area contributed by atoms with Crippen LogP contribution in [0.15, 0.2) is 18.3 Å². The van der Waals surface area contributed by atoms with E-state index in [1.807, 2.05) is 32.9 Å².